The van der Waals surface area contributed by atoms with Crippen LogP contribution in [-0.2, 0) is 22.6 Å². The van der Waals surface area contributed by atoms with Crippen LogP contribution in [0.4, 0.5) is 0 Å². The van der Waals surface area contributed by atoms with Crippen LogP contribution in [-0.4, -0.2) is 17.7 Å². The molecule has 1 rings (SSSR count). The molecule has 1 aromatic rings. The highest BCUT2D eigenvalue weighted by molar-refractivity contribution is 5.65. The molecule has 0 aliphatic carbocycles. The number of hydrogen-bond acceptors (Lipinski definition) is 4. The smallest absolute Gasteiger partial charge is 0.302 e. The highest BCUT2D eigenvalue weighted by Crippen LogP contribution is 2.14. The molecule has 1 aromatic heterocycles. The van der Waals surface area contributed by atoms with E-state index in [1.54, 1.807) is 13.0 Å². The molecule has 0 amide bonds. The van der Waals surface area contributed by atoms with Crippen molar-refractivity contribution >= 4 is 5.97 Å². The molecule has 0 fully saturated rings. The van der Waals surface area contributed by atoms with Crippen LogP contribution < -0.4 is 0 Å². The van der Waals surface area contributed by atoms with E-state index in [2.05, 4.69) is 0 Å². The number of hydrogen-bond donors (Lipinski definition) is 1. The Bertz CT molecular complexity index is 314. The number of ether oxygens (including phenoxy) is 1. The highest BCUT2D eigenvalue weighted by atomic mass is 16.5. The van der Waals surface area contributed by atoms with E-state index in [1.807, 2.05) is 0 Å². The number of furan rings is 1. The minimum Gasteiger partial charge on any atom is -0.466 e. The van der Waals surface area contributed by atoms with Crippen molar-refractivity contribution in [2.45, 2.75) is 26.9 Å². The third-order valence-electron chi connectivity index (χ3n) is 1.90. The lowest BCUT2D eigenvalue weighted by Crippen LogP contribution is -2.02. The van der Waals surface area contributed by atoms with E-state index in [9.17, 15) is 4.79 Å². The maximum atomic E-state index is 10.5. The molecule has 1 N–H and O–H groups in total. The first kappa shape index (κ1) is 10.8. The molecular weight excluding hydrogens is 184 g/mol. The van der Waals surface area contributed by atoms with E-state index in [4.69, 9.17) is 14.3 Å². The van der Waals surface area contributed by atoms with Gasteiger partial charge in [-0.05, 0) is 13.0 Å². The highest BCUT2D eigenvalue weighted by Gasteiger charge is 2.06. The first-order valence-corrected chi connectivity index (χ1v) is 4.46. The van der Waals surface area contributed by atoms with Gasteiger partial charge in [0.1, 0.15) is 11.5 Å². The van der Waals surface area contributed by atoms with E-state index in [1.165, 1.54) is 6.92 Å². The van der Waals surface area contributed by atoms with Gasteiger partial charge in [0, 0.05) is 18.9 Å². The van der Waals surface area contributed by atoms with Crippen LogP contribution in [0.2, 0.25) is 0 Å². The summed E-state index contributed by atoms with van der Waals surface area (Å²) in [5, 5.41) is 8.90. The second-order valence-electron chi connectivity index (χ2n) is 3.04. The van der Waals surface area contributed by atoms with Crippen molar-refractivity contribution in [1.29, 1.82) is 0 Å². The van der Waals surface area contributed by atoms with E-state index in [0.29, 0.717) is 18.8 Å². The quantitative estimate of drug-likeness (QED) is 0.738. The van der Waals surface area contributed by atoms with Gasteiger partial charge in [0.2, 0.25) is 0 Å². The minimum atomic E-state index is -0.296. The molecule has 0 bridgehead atoms. The Labute approximate surface area is 82.5 Å². The number of aliphatic hydroxyl groups is 1. The lowest BCUT2D eigenvalue weighted by molar-refractivity contribution is -0.140. The van der Waals surface area contributed by atoms with Crippen LogP contribution >= 0.6 is 0 Å². The van der Waals surface area contributed by atoms with Crippen LogP contribution in [0.25, 0.3) is 0 Å². The summed E-state index contributed by atoms with van der Waals surface area (Å²) in [5.74, 6) is 1.15. The van der Waals surface area contributed by atoms with Crippen LogP contribution in [0, 0.1) is 6.92 Å². The average molecular weight is 198 g/mol. The summed E-state index contributed by atoms with van der Waals surface area (Å²) in [5.41, 5.74) is 0.780. The number of aryl methyl sites for hydroxylation is 1. The van der Waals surface area contributed by atoms with E-state index < -0.39 is 0 Å². The Morgan fingerprint density at radius 2 is 2.36 bits per heavy atom. The van der Waals surface area contributed by atoms with Gasteiger partial charge in [0.15, 0.2) is 0 Å². The van der Waals surface area contributed by atoms with Gasteiger partial charge in [-0.25, -0.2) is 0 Å². The van der Waals surface area contributed by atoms with Gasteiger partial charge >= 0.3 is 5.97 Å². The van der Waals surface area contributed by atoms with E-state index in [-0.39, 0.29) is 12.6 Å². The summed E-state index contributed by atoms with van der Waals surface area (Å²) >= 11 is 0. The predicted molar refractivity (Wildman–Crippen MR) is 49.7 cm³/mol. The molecule has 14 heavy (non-hydrogen) atoms. The molecule has 78 valence electrons. The van der Waals surface area contributed by atoms with Crippen LogP contribution in [0.1, 0.15) is 24.0 Å². The molecule has 0 aliphatic heterocycles. The van der Waals surface area contributed by atoms with Gasteiger partial charge in [-0.3, -0.25) is 4.79 Å². The molecule has 4 nitrogen and oxygen atoms in total. The third-order valence-corrected chi connectivity index (χ3v) is 1.90. The molecule has 0 radical (unpaired) electrons. The summed E-state index contributed by atoms with van der Waals surface area (Å²) in [6.45, 7) is 3.45. The van der Waals surface area contributed by atoms with Gasteiger partial charge in [-0.2, -0.15) is 0 Å². The second kappa shape index (κ2) is 4.81. The van der Waals surface area contributed by atoms with Crippen LogP contribution in [0.15, 0.2) is 10.5 Å². The van der Waals surface area contributed by atoms with Gasteiger partial charge in [-0.15, -0.1) is 0 Å². The van der Waals surface area contributed by atoms with Crippen molar-refractivity contribution in [2.24, 2.45) is 0 Å². The fourth-order valence-corrected chi connectivity index (χ4v) is 1.16. The fourth-order valence-electron chi connectivity index (χ4n) is 1.16. The van der Waals surface area contributed by atoms with E-state index >= 15 is 0 Å². The minimum absolute atomic E-state index is 0.0249. The first-order valence-electron chi connectivity index (χ1n) is 4.46. The summed E-state index contributed by atoms with van der Waals surface area (Å²) in [4.78, 5) is 10.5. The van der Waals surface area contributed by atoms with Crippen molar-refractivity contribution in [1.82, 2.24) is 0 Å². The van der Waals surface area contributed by atoms with Gasteiger partial charge in [-0.1, -0.05) is 0 Å². The Balaban J connectivity index is 2.47. The largest absolute Gasteiger partial charge is 0.466 e. The number of esters is 1. The summed E-state index contributed by atoms with van der Waals surface area (Å²) in [6.07, 6.45) is 0.542. The van der Waals surface area contributed by atoms with Crippen molar-refractivity contribution in [3.63, 3.8) is 0 Å². The zero-order valence-electron chi connectivity index (χ0n) is 8.37. The predicted octanol–water partition coefficient (Wildman–Crippen LogP) is 1.19. The number of carbonyl (C=O) groups excluding carboxylic acids is 1. The average Bonchev–Trinajstić information content (AvgIpc) is 2.45. The fraction of sp³-hybridized carbons (Fsp3) is 0.500. The molecule has 0 unspecified atom stereocenters. The number of carbonyl (C=O) groups is 1. The monoisotopic (exact) mass is 198 g/mol. The van der Waals surface area contributed by atoms with Crippen molar-refractivity contribution in [3.8, 4) is 0 Å². The summed E-state index contributed by atoms with van der Waals surface area (Å²) < 4.78 is 10.1. The second-order valence-corrected chi connectivity index (χ2v) is 3.04. The Morgan fingerprint density at radius 1 is 1.64 bits per heavy atom. The van der Waals surface area contributed by atoms with Crippen molar-refractivity contribution in [3.05, 3.63) is 23.2 Å². The van der Waals surface area contributed by atoms with Gasteiger partial charge in [0.05, 0.1) is 13.2 Å². The zero-order valence-corrected chi connectivity index (χ0v) is 8.37. The van der Waals surface area contributed by atoms with Crippen molar-refractivity contribution < 1.29 is 19.1 Å². The number of aliphatic hydroxyl groups excluding tert-OH is 1. The van der Waals surface area contributed by atoms with Crippen LogP contribution in [0.3, 0.4) is 0 Å². The molecule has 0 saturated heterocycles. The van der Waals surface area contributed by atoms with E-state index in [0.717, 1.165) is 11.3 Å². The molecule has 0 saturated carbocycles. The number of rotatable bonds is 4. The SMILES string of the molecule is CC(=O)OCCc1cc(CO)c(C)o1. The molecular formula is C10H14O4. The zero-order chi connectivity index (χ0) is 10.6. The normalized spacial score (nSPS) is 10.2. The Kier molecular flexibility index (Phi) is 3.71. The summed E-state index contributed by atoms with van der Waals surface area (Å²) in [7, 11) is 0. The molecule has 0 spiro atoms. The lowest BCUT2D eigenvalue weighted by Gasteiger charge is -1.98. The molecule has 0 aromatic carbocycles. The topological polar surface area (TPSA) is 59.7 Å². The Hall–Kier alpha value is -1.29. The van der Waals surface area contributed by atoms with Gasteiger partial charge in [0.25, 0.3) is 0 Å². The molecule has 0 atom stereocenters. The third kappa shape index (κ3) is 2.88. The molecule has 0 aliphatic rings. The van der Waals surface area contributed by atoms with Crippen molar-refractivity contribution in [2.75, 3.05) is 6.61 Å². The maximum Gasteiger partial charge on any atom is 0.302 e. The molecule has 1 heterocycles. The van der Waals surface area contributed by atoms with Gasteiger partial charge < -0.3 is 14.3 Å². The molecule has 4 heteroatoms. The standard InChI is InChI=1S/C10H14O4/c1-7-9(6-11)5-10(14-7)3-4-13-8(2)12/h5,11H,3-4,6H2,1-2H3. The first-order chi connectivity index (χ1) is 6.63. The maximum absolute atomic E-state index is 10.5. The summed E-state index contributed by atoms with van der Waals surface area (Å²) in [6, 6.07) is 1.78. The Morgan fingerprint density at radius 3 is 2.86 bits per heavy atom. The van der Waals surface area contributed by atoms with Crippen LogP contribution in [0.5, 0.6) is 0 Å². The lowest BCUT2D eigenvalue weighted by atomic mass is 10.2.